The average molecular weight is 395 g/mol. The number of hydrogen-bond acceptors (Lipinski definition) is 5. The molecule has 0 fully saturated rings. The summed E-state index contributed by atoms with van der Waals surface area (Å²) in [6.07, 6.45) is 0.426. The van der Waals surface area contributed by atoms with Crippen molar-refractivity contribution in [1.82, 2.24) is 0 Å². The van der Waals surface area contributed by atoms with Gasteiger partial charge in [0, 0.05) is 24.4 Å². The molecule has 0 aromatic heterocycles. The van der Waals surface area contributed by atoms with Crippen LogP contribution < -0.4 is 10.1 Å². The van der Waals surface area contributed by atoms with Gasteiger partial charge in [-0.1, -0.05) is 35.9 Å². The predicted molar refractivity (Wildman–Crippen MR) is 114 cm³/mol. The molecule has 2 aromatic rings. The number of carbonyl (C=O) groups excluding carboxylic acids is 1. The summed E-state index contributed by atoms with van der Waals surface area (Å²) in [5, 5.41) is 3.15. The van der Waals surface area contributed by atoms with Gasteiger partial charge in [-0.15, -0.1) is 0 Å². The molecule has 0 aliphatic carbocycles. The number of nitrogens with one attached hydrogen (secondary N) is 1. The van der Waals surface area contributed by atoms with Crippen LogP contribution >= 0.6 is 0 Å². The molecule has 5 heteroatoms. The van der Waals surface area contributed by atoms with Gasteiger partial charge in [0.2, 0.25) is 0 Å². The molecule has 0 saturated heterocycles. The third kappa shape index (κ3) is 4.98. The van der Waals surface area contributed by atoms with Crippen molar-refractivity contribution < 1.29 is 19.0 Å². The van der Waals surface area contributed by atoms with Crippen molar-refractivity contribution >= 4 is 11.7 Å². The Morgan fingerprint density at radius 1 is 1.17 bits per heavy atom. The summed E-state index contributed by atoms with van der Waals surface area (Å²) in [6, 6.07) is 15.8. The van der Waals surface area contributed by atoms with Gasteiger partial charge in [0.05, 0.1) is 6.61 Å². The Kier molecular flexibility index (Phi) is 6.28. The van der Waals surface area contributed by atoms with E-state index in [1.165, 1.54) is 6.08 Å². The molecule has 0 spiro atoms. The highest BCUT2D eigenvalue weighted by molar-refractivity contribution is 5.83. The number of esters is 1. The molecular weight excluding hydrogens is 366 g/mol. The Balaban J connectivity index is 1.97. The van der Waals surface area contributed by atoms with Crippen LogP contribution in [0.2, 0.25) is 0 Å². The quantitative estimate of drug-likeness (QED) is 0.549. The zero-order valence-corrected chi connectivity index (χ0v) is 17.7. The maximum Gasteiger partial charge on any atom is 0.331 e. The SMILES string of the molecule is CNc1ccc2c(c1)C(OCc1ccccc1)C(OC(=O)C=C(C)C)C(C)(C)O2. The Labute approximate surface area is 172 Å². The molecule has 154 valence electrons. The van der Waals surface area contributed by atoms with Crippen LogP contribution in [0.3, 0.4) is 0 Å². The molecule has 1 N–H and O–H groups in total. The van der Waals surface area contributed by atoms with Gasteiger partial charge in [-0.05, 0) is 51.5 Å². The van der Waals surface area contributed by atoms with E-state index in [1.807, 2.05) is 83.3 Å². The summed E-state index contributed by atoms with van der Waals surface area (Å²) in [6.45, 7) is 7.97. The van der Waals surface area contributed by atoms with Gasteiger partial charge < -0.3 is 19.5 Å². The lowest BCUT2D eigenvalue weighted by Gasteiger charge is -2.43. The number of rotatable bonds is 6. The van der Waals surface area contributed by atoms with Gasteiger partial charge in [0.15, 0.2) is 6.10 Å². The maximum atomic E-state index is 12.4. The number of fused-ring (bicyclic) bond motifs is 1. The molecule has 1 aliphatic rings. The van der Waals surface area contributed by atoms with Gasteiger partial charge in [0.25, 0.3) is 0 Å². The second kappa shape index (κ2) is 8.70. The van der Waals surface area contributed by atoms with Crippen LogP contribution in [-0.4, -0.2) is 24.7 Å². The van der Waals surface area contributed by atoms with E-state index < -0.39 is 23.8 Å². The summed E-state index contributed by atoms with van der Waals surface area (Å²) in [5.41, 5.74) is 2.99. The van der Waals surface area contributed by atoms with Crippen LogP contribution in [0.15, 0.2) is 60.2 Å². The topological polar surface area (TPSA) is 56.8 Å². The third-order valence-corrected chi connectivity index (χ3v) is 4.86. The summed E-state index contributed by atoms with van der Waals surface area (Å²) in [4.78, 5) is 12.4. The zero-order valence-electron chi connectivity index (χ0n) is 17.7. The molecule has 2 aromatic carbocycles. The second-order valence-corrected chi connectivity index (χ2v) is 8.00. The first-order valence-corrected chi connectivity index (χ1v) is 9.82. The van der Waals surface area contributed by atoms with E-state index in [2.05, 4.69) is 5.32 Å². The zero-order chi connectivity index (χ0) is 21.0. The van der Waals surface area contributed by atoms with E-state index in [-0.39, 0.29) is 0 Å². The Hall–Kier alpha value is -2.79. The fourth-order valence-electron chi connectivity index (χ4n) is 3.42. The normalized spacial score (nSPS) is 19.5. The monoisotopic (exact) mass is 395 g/mol. The van der Waals surface area contributed by atoms with Crippen molar-refractivity contribution in [3.05, 3.63) is 71.3 Å². The Morgan fingerprint density at radius 2 is 1.90 bits per heavy atom. The van der Waals surface area contributed by atoms with Crippen LogP contribution in [0.4, 0.5) is 5.69 Å². The molecule has 0 saturated carbocycles. The van der Waals surface area contributed by atoms with E-state index in [0.717, 1.165) is 28.1 Å². The first-order chi connectivity index (χ1) is 13.8. The van der Waals surface area contributed by atoms with E-state index in [0.29, 0.717) is 6.61 Å². The summed E-state index contributed by atoms with van der Waals surface area (Å²) in [7, 11) is 1.86. The fourth-order valence-corrected chi connectivity index (χ4v) is 3.42. The Morgan fingerprint density at radius 3 is 2.55 bits per heavy atom. The molecule has 29 heavy (non-hydrogen) atoms. The first-order valence-electron chi connectivity index (χ1n) is 9.82. The van der Waals surface area contributed by atoms with E-state index in [9.17, 15) is 4.79 Å². The maximum absolute atomic E-state index is 12.4. The third-order valence-electron chi connectivity index (χ3n) is 4.86. The molecule has 0 amide bonds. The van der Waals surface area contributed by atoms with E-state index >= 15 is 0 Å². The van der Waals surface area contributed by atoms with E-state index in [1.54, 1.807) is 0 Å². The molecule has 3 rings (SSSR count). The summed E-state index contributed by atoms with van der Waals surface area (Å²) >= 11 is 0. The first kappa shape index (κ1) is 20.9. The summed E-state index contributed by atoms with van der Waals surface area (Å²) in [5.74, 6) is 0.342. The van der Waals surface area contributed by atoms with Crippen LogP contribution in [0, 0.1) is 0 Å². The molecule has 0 radical (unpaired) electrons. The lowest BCUT2D eigenvalue weighted by atomic mass is 9.87. The minimum Gasteiger partial charge on any atom is -0.483 e. The molecule has 1 aliphatic heterocycles. The van der Waals surface area contributed by atoms with Crippen LogP contribution in [0.25, 0.3) is 0 Å². The lowest BCUT2D eigenvalue weighted by molar-refractivity contribution is -0.181. The fraction of sp³-hybridized carbons (Fsp3) is 0.375. The van der Waals surface area contributed by atoms with Crippen LogP contribution in [0.1, 0.15) is 44.9 Å². The van der Waals surface area contributed by atoms with Crippen molar-refractivity contribution in [2.75, 3.05) is 12.4 Å². The van der Waals surface area contributed by atoms with Crippen LogP contribution in [-0.2, 0) is 20.9 Å². The van der Waals surface area contributed by atoms with Gasteiger partial charge in [-0.3, -0.25) is 0 Å². The largest absolute Gasteiger partial charge is 0.483 e. The highest BCUT2D eigenvalue weighted by atomic mass is 16.6. The van der Waals surface area contributed by atoms with Gasteiger partial charge >= 0.3 is 5.97 Å². The highest BCUT2D eigenvalue weighted by Gasteiger charge is 2.47. The number of ether oxygens (including phenoxy) is 3. The number of carbonyl (C=O) groups is 1. The number of allylic oxidation sites excluding steroid dienone is 1. The number of anilines is 1. The number of benzene rings is 2. The van der Waals surface area contributed by atoms with Crippen molar-refractivity contribution in [2.24, 2.45) is 0 Å². The number of hydrogen-bond donors (Lipinski definition) is 1. The smallest absolute Gasteiger partial charge is 0.331 e. The minimum absolute atomic E-state index is 0.395. The molecular formula is C24H29NO4. The molecule has 2 unspecified atom stereocenters. The van der Waals surface area contributed by atoms with Gasteiger partial charge in [-0.2, -0.15) is 0 Å². The second-order valence-electron chi connectivity index (χ2n) is 8.00. The molecule has 1 heterocycles. The van der Waals surface area contributed by atoms with E-state index in [4.69, 9.17) is 14.2 Å². The standard InChI is InChI=1S/C24H29NO4/c1-16(2)13-21(26)28-23-22(27-15-17-9-7-6-8-10-17)19-14-18(25-5)11-12-20(19)29-24(23,3)4/h6-14,22-23,25H,15H2,1-5H3. The predicted octanol–water partition coefficient (Wildman–Crippen LogP) is 5.04. The van der Waals surface area contributed by atoms with Gasteiger partial charge in [0.1, 0.15) is 17.5 Å². The molecule has 0 bridgehead atoms. The minimum atomic E-state index is -0.749. The Bertz CT molecular complexity index is 885. The van der Waals surface area contributed by atoms with Crippen molar-refractivity contribution in [3.63, 3.8) is 0 Å². The van der Waals surface area contributed by atoms with Crippen molar-refractivity contribution in [3.8, 4) is 5.75 Å². The van der Waals surface area contributed by atoms with Crippen LogP contribution in [0.5, 0.6) is 5.75 Å². The van der Waals surface area contributed by atoms with Crippen molar-refractivity contribution in [2.45, 2.75) is 52.1 Å². The molecule has 5 nitrogen and oxygen atoms in total. The average Bonchev–Trinajstić information content (AvgIpc) is 2.67. The highest BCUT2D eigenvalue weighted by Crippen LogP contribution is 2.44. The molecule has 2 atom stereocenters. The van der Waals surface area contributed by atoms with Crippen molar-refractivity contribution in [1.29, 1.82) is 0 Å². The van der Waals surface area contributed by atoms with Gasteiger partial charge in [-0.25, -0.2) is 4.79 Å². The summed E-state index contributed by atoms with van der Waals surface area (Å²) < 4.78 is 18.4. The lowest BCUT2D eigenvalue weighted by Crippen LogP contribution is -2.51.